The highest BCUT2D eigenvalue weighted by Gasteiger charge is 2.21. The Morgan fingerprint density at radius 1 is 0.694 bits per heavy atom. The van der Waals surface area contributed by atoms with Gasteiger partial charge in [-0.3, -0.25) is 4.79 Å². The van der Waals surface area contributed by atoms with Gasteiger partial charge >= 0.3 is 6.09 Å². The summed E-state index contributed by atoms with van der Waals surface area (Å²) in [6.45, 7) is 6.68. The van der Waals surface area contributed by atoms with Gasteiger partial charge in [-0.1, -0.05) is 0 Å². The third-order valence-electron chi connectivity index (χ3n) is 5.19. The standard InChI is InChI=1S/C24H44N2O9S.2H2/c1-20(27)2-7-23(28)25-8-10-30-12-14-32-16-18-34-19-17-33-15-13-31-11-9-26-24(29)35-21-3-5-22(36)6-4-21;;/h21-22,36H,2-19H2,1H3,(H,25,28)(H,26,29);2*1H. The zero-order valence-corrected chi connectivity index (χ0v) is 22.4. The van der Waals surface area contributed by atoms with Crippen molar-refractivity contribution >= 4 is 30.4 Å². The van der Waals surface area contributed by atoms with Gasteiger partial charge in [0.25, 0.3) is 0 Å². The maximum atomic E-state index is 11.7. The first-order valence-electron chi connectivity index (χ1n) is 12.7. The largest absolute Gasteiger partial charge is 0.446 e. The molecule has 1 saturated carbocycles. The molecular weight excluding hydrogens is 492 g/mol. The van der Waals surface area contributed by atoms with Crippen LogP contribution in [0.25, 0.3) is 0 Å². The smallest absolute Gasteiger partial charge is 0.407 e. The van der Waals surface area contributed by atoms with E-state index in [1.54, 1.807) is 0 Å². The van der Waals surface area contributed by atoms with Gasteiger partial charge < -0.3 is 43.8 Å². The van der Waals surface area contributed by atoms with Crippen LogP contribution in [0.3, 0.4) is 0 Å². The molecule has 0 aromatic carbocycles. The normalized spacial score (nSPS) is 17.5. The van der Waals surface area contributed by atoms with E-state index in [1.807, 2.05) is 0 Å². The lowest BCUT2D eigenvalue weighted by Crippen LogP contribution is -2.33. The van der Waals surface area contributed by atoms with Crippen LogP contribution >= 0.6 is 12.6 Å². The molecular formula is C24H48N2O9S. The number of hydrogen-bond donors (Lipinski definition) is 3. The van der Waals surface area contributed by atoms with E-state index in [9.17, 15) is 14.4 Å². The Hall–Kier alpha value is -1.44. The summed E-state index contributed by atoms with van der Waals surface area (Å²) in [6, 6.07) is 0. The molecule has 0 spiro atoms. The fraction of sp³-hybridized carbons (Fsp3) is 0.875. The molecule has 11 nitrogen and oxygen atoms in total. The Bertz CT molecular complexity index is 601. The predicted molar refractivity (Wildman–Crippen MR) is 141 cm³/mol. The first kappa shape index (κ1) is 32.6. The van der Waals surface area contributed by atoms with E-state index in [0.29, 0.717) is 84.4 Å². The van der Waals surface area contributed by atoms with Crippen molar-refractivity contribution in [2.24, 2.45) is 0 Å². The van der Waals surface area contributed by atoms with Crippen LogP contribution < -0.4 is 10.6 Å². The fourth-order valence-electron chi connectivity index (χ4n) is 3.20. The van der Waals surface area contributed by atoms with E-state index in [-0.39, 0.29) is 33.5 Å². The van der Waals surface area contributed by atoms with Gasteiger partial charge in [-0.05, 0) is 32.6 Å². The summed E-state index contributed by atoms with van der Waals surface area (Å²) in [5, 5.41) is 5.81. The Kier molecular flexibility index (Phi) is 20.6. The lowest BCUT2D eigenvalue weighted by Gasteiger charge is -2.25. The average Bonchev–Trinajstić information content (AvgIpc) is 2.85. The van der Waals surface area contributed by atoms with Gasteiger partial charge in [-0.2, -0.15) is 12.6 Å². The van der Waals surface area contributed by atoms with Gasteiger partial charge in [0, 0.05) is 34.0 Å². The highest BCUT2D eigenvalue weighted by atomic mass is 32.1. The number of carbonyl (C=O) groups is 3. The Morgan fingerprint density at radius 3 is 1.61 bits per heavy atom. The van der Waals surface area contributed by atoms with Crippen LogP contribution in [0, 0.1) is 0 Å². The molecule has 0 aromatic rings. The van der Waals surface area contributed by atoms with Crippen LogP contribution in [0.2, 0.25) is 0 Å². The first-order chi connectivity index (χ1) is 17.5. The molecule has 0 aromatic heterocycles. The highest BCUT2D eigenvalue weighted by Crippen LogP contribution is 2.24. The van der Waals surface area contributed by atoms with Crippen molar-refractivity contribution in [1.29, 1.82) is 0 Å². The maximum absolute atomic E-state index is 11.7. The number of alkyl carbamates (subject to hydrolysis) is 1. The van der Waals surface area contributed by atoms with Crippen molar-refractivity contribution in [2.75, 3.05) is 79.2 Å². The van der Waals surface area contributed by atoms with E-state index in [2.05, 4.69) is 23.3 Å². The van der Waals surface area contributed by atoms with Gasteiger partial charge in [0.15, 0.2) is 0 Å². The predicted octanol–water partition coefficient (Wildman–Crippen LogP) is 2.01. The van der Waals surface area contributed by atoms with Crippen molar-refractivity contribution in [3.63, 3.8) is 0 Å². The van der Waals surface area contributed by atoms with Crippen LogP contribution in [0.1, 0.15) is 48.3 Å². The van der Waals surface area contributed by atoms with Gasteiger partial charge in [0.1, 0.15) is 11.9 Å². The third kappa shape index (κ3) is 20.7. The van der Waals surface area contributed by atoms with Crippen LogP contribution in [-0.4, -0.2) is 108 Å². The third-order valence-corrected chi connectivity index (χ3v) is 5.71. The van der Waals surface area contributed by atoms with E-state index in [0.717, 1.165) is 25.7 Å². The molecule has 1 aliphatic carbocycles. The molecule has 1 aliphatic rings. The quantitative estimate of drug-likeness (QED) is 0.139. The van der Waals surface area contributed by atoms with Crippen LogP contribution in [0.15, 0.2) is 0 Å². The molecule has 12 heteroatoms. The van der Waals surface area contributed by atoms with Crippen LogP contribution in [-0.2, 0) is 38.0 Å². The zero-order valence-electron chi connectivity index (χ0n) is 21.5. The zero-order chi connectivity index (χ0) is 26.3. The molecule has 0 radical (unpaired) electrons. The monoisotopic (exact) mass is 540 g/mol. The second-order valence-electron chi connectivity index (χ2n) is 8.38. The topological polar surface area (TPSA) is 131 Å². The number of Topliss-reactive ketones (excluding diaryl/α,β-unsaturated/α-hetero) is 1. The molecule has 1 rings (SSSR count). The van der Waals surface area contributed by atoms with E-state index in [1.165, 1.54) is 6.92 Å². The fourth-order valence-corrected chi connectivity index (χ4v) is 3.50. The minimum absolute atomic E-state index is 0. The van der Waals surface area contributed by atoms with E-state index >= 15 is 0 Å². The van der Waals surface area contributed by atoms with Crippen molar-refractivity contribution in [3.8, 4) is 0 Å². The van der Waals surface area contributed by atoms with Gasteiger partial charge in [0.2, 0.25) is 5.91 Å². The van der Waals surface area contributed by atoms with Gasteiger partial charge in [0.05, 0.1) is 66.1 Å². The molecule has 1 fully saturated rings. The van der Waals surface area contributed by atoms with Gasteiger partial charge in [-0.15, -0.1) is 0 Å². The molecule has 0 saturated heterocycles. The number of ether oxygens (including phenoxy) is 6. The van der Waals surface area contributed by atoms with Crippen molar-refractivity contribution in [1.82, 2.24) is 10.6 Å². The van der Waals surface area contributed by atoms with Crippen molar-refractivity contribution < 1.29 is 45.7 Å². The average molecular weight is 541 g/mol. The van der Waals surface area contributed by atoms with E-state index in [4.69, 9.17) is 28.4 Å². The van der Waals surface area contributed by atoms with Crippen molar-refractivity contribution in [3.05, 3.63) is 0 Å². The summed E-state index contributed by atoms with van der Waals surface area (Å²) in [7, 11) is 0. The molecule has 0 atom stereocenters. The Balaban J connectivity index is 0. The summed E-state index contributed by atoms with van der Waals surface area (Å²) in [4.78, 5) is 33.9. The SMILES string of the molecule is CC(=O)CCC(=O)NCCOCCOCCOCCOCCOCCNC(=O)OC1CCC(S)CC1.[HH].[HH]. The minimum atomic E-state index is -0.394. The number of amides is 2. The maximum Gasteiger partial charge on any atom is 0.407 e. The molecule has 0 heterocycles. The van der Waals surface area contributed by atoms with Crippen molar-refractivity contribution in [2.45, 2.75) is 56.8 Å². The molecule has 0 bridgehead atoms. The molecule has 2 amide bonds. The number of carbonyl (C=O) groups excluding carboxylic acids is 3. The molecule has 0 unspecified atom stereocenters. The lowest BCUT2D eigenvalue weighted by molar-refractivity contribution is -0.124. The second-order valence-corrected chi connectivity index (χ2v) is 9.11. The number of nitrogens with one attached hydrogen (secondary N) is 2. The summed E-state index contributed by atoms with van der Waals surface area (Å²) in [5.41, 5.74) is 0. The van der Waals surface area contributed by atoms with Crippen LogP contribution in [0.4, 0.5) is 4.79 Å². The second kappa shape index (κ2) is 22.7. The van der Waals surface area contributed by atoms with Crippen LogP contribution in [0.5, 0.6) is 0 Å². The number of ketones is 1. The first-order valence-corrected chi connectivity index (χ1v) is 13.3. The minimum Gasteiger partial charge on any atom is -0.446 e. The Morgan fingerprint density at radius 2 is 1.14 bits per heavy atom. The Labute approximate surface area is 223 Å². The van der Waals surface area contributed by atoms with E-state index < -0.39 is 6.09 Å². The lowest BCUT2D eigenvalue weighted by atomic mass is 9.97. The number of thiol groups is 1. The molecule has 214 valence electrons. The molecule has 2 N–H and O–H groups in total. The molecule has 0 aliphatic heterocycles. The summed E-state index contributed by atoms with van der Waals surface area (Å²) in [6.07, 6.45) is 3.78. The summed E-state index contributed by atoms with van der Waals surface area (Å²) < 4.78 is 32.4. The molecule has 36 heavy (non-hydrogen) atoms. The number of rotatable bonds is 22. The van der Waals surface area contributed by atoms with Gasteiger partial charge in [-0.25, -0.2) is 4.79 Å². The highest BCUT2D eigenvalue weighted by molar-refractivity contribution is 7.80. The number of hydrogen-bond acceptors (Lipinski definition) is 10. The summed E-state index contributed by atoms with van der Waals surface area (Å²) in [5.74, 6) is -0.142. The summed E-state index contributed by atoms with van der Waals surface area (Å²) >= 11 is 4.44.